The second-order valence-electron chi connectivity index (χ2n) is 2.57. The van der Waals surface area contributed by atoms with Crippen LogP contribution in [0.2, 0.25) is 0 Å². The lowest BCUT2D eigenvalue weighted by Crippen LogP contribution is -2.09. The maximum atomic E-state index is 5.31. The molecule has 0 radical (unpaired) electrons. The van der Waals surface area contributed by atoms with Gasteiger partial charge in [-0.1, -0.05) is 18.7 Å². The van der Waals surface area contributed by atoms with E-state index in [0.29, 0.717) is 5.82 Å². The standard InChI is InChI=1S/C8H14N4S2/c1-3-4-14-7-5-6(12-9)10-8(11-7)13-2/h5H,3-4,9H2,1-2H3,(H,10,11,12). The molecule has 0 atom stereocenters. The minimum atomic E-state index is 0.669. The number of hydrogen-bond acceptors (Lipinski definition) is 6. The molecular formula is C8H14N4S2. The zero-order chi connectivity index (χ0) is 10.4. The normalized spacial score (nSPS) is 10.2. The number of nitrogens with zero attached hydrogens (tertiary/aromatic N) is 2. The Morgan fingerprint density at radius 2 is 2.29 bits per heavy atom. The lowest BCUT2D eigenvalue weighted by Gasteiger charge is -2.04. The first kappa shape index (κ1) is 11.6. The van der Waals surface area contributed by atoms with Crippen molar-refractivity contribution < 1.29 is 0 Å². The van der Waals surface area contributed by atoms with Gasteiger partial charge in [-0.2, -0.15) is 0 Å². The summed E-state index contributed by atoms with van der Waals surface area (Å²) in [6, 6.07) is 1.86. The van der Waals surface area contributed by atoms with E-state index in [4.69, 9.17) is 5.84 Å². The van der Waals surface area contributed by atoms with Gasteiger partial charge in [0.2, 0.25) is 0 Å². The van der Waals surface area contributed by atoms with Crippen LogP contribution in [0.3, 0.4) is 0 Å². The second-order valence-corrected chi connectivity index (χ2v) is 4.46. The fourth-order valence-electron chi connectivity index (χ4n) is 0.850. The van der Waals surface area contributed by atoms with Crippen molar-refractivity contribution in [2.24, 2.45) is 5.84 Å². The number of thioether (sulfide) groups is 2. The molecule has 4 nitrogen and oxygen atoms in total. The molecule has 0 saturated heterocycles. The summed E-state index contributed by atoms with van der Waals surface area (Å²) >= 11 is 3.23. The van der Waals surface area contributed by atoms with Gasteiger partial charge >= 0.3 is 0 Å². The van der Waals surface area contributed by atoms with Crippen LogP contribution in [0.15, 0.2) is 16.2 Å². The lowest BCUT2D eigenvalue weighted by atomic mass is 10.6. The molecule has 1 aromatic rings. The van der Waals surface area contributed by atoms with Crippen molar-refractivity contribution in [2.75, 3.05) is 17.4 Å². The Balaban J connectivity index is 2.81. The van der Waals surface area contributed by atoms with E-state index in [-0.39, 0.29) is 0 Å². The maximum absolute atomic E-state index is 5.31. The number of nitrogen functional groups attached to an aromatic ring is 1. The van der Waals surface area contributed by atoms with Gasteiger partial charge in [0, 0.05) is 6.07 Å². The highest BCUT2D eigenvalue weighted by atomic mass is 32.2. The summed E-state index contributed by atoms with van der Waals surface area (Å²) in [5.74, 6) is 7.05. The smallest absolute Gasteiger partial charge is 0.190 e. The van der Waals surface area contributed by atoms with Gasteiger partial charge < -0.3 is 5.43 Å². The zero-order valence-corrected chi connectivity index (χ0v) is 9.91. The van der Waals surface area contributed by atoms with Crippen molar-refractivity contribution >= 4 is 29.3 Å². The number of aromatic nitrogens is 2. The summed E-state index contributed by atoms with van der Waals surface area (Å²) in [6.45, 7) is 2.14. The summed E-state index contributed by atoms with van der Waals surface area (Å²) in [5.41, 5.74) is 2.54. The number of anilines is 1. The van der Waals surface area contributed by atoms with E-state index < -0.39 is 0 Å². The molecule has 0 saturated carbocycles. The van der Waals surface area contributed by atoms with Crippen molar-refractivity contribution in [1.82, 2.24) is 9.97 Å². The number of nitrogens with one attached hydrogen (secondary N) is 1. The molecule has 3 N–H and O–H groups in total. The number of hydrogen-bond donors (Lipinski definition) is 2. The molecule has 0 amide bonds. The minimum Gasteiger partial charge on any atom is -0.308 e. The van der Waals surface area contributed by atoms with E-state index in [0.717, 1.165) is 22.4 Å². The number of hydrazine groups is 1. The Hall–Kier alpha value is -0.460. The summed E-state index contributed by atoms with van der Waals surface area (Å²) < 4.78 is 0. The third kappa shape index (κ3) is 3.36. The summed E-state index contributed by atoms with van der Waals surface area (Å²) in [7, 11) is 0. The van der Waals surface area contributed by atoms with Gasteiger partial charge in [0.25, 0.3) is 0 Å². The Bertz CT molecular complexity index is 270. The van der Waals surface area contributed by atoms with E-state index in [1.165, 1.54) is 11.8 Å². The first-order valence-electron chi connectivity index (χ1n) is 4.32. The molecule has 0 unspecified atom stereocenters. The van der Waals surface area contributed by atoms with Gasteiger partial charge in [0.15, 0.2) is 5.16 Å². The van der Waals surface area contributed by atoms with E-state index in [9.17, 15) is 0 Å². The fourth-order valence-corrected chi connectivity index (χ4v) is 2.05. The predicted octanol–water partition coefficient (Wildman–Crippen LogP) is 1.99. The molecule has 0 spiro atoms. The van der Waals surface area contributed by atoms with Crippen LogP contribution in [0.5, 0.6) is 0 Å². The molecule has 6 heteroatoms. The zero-order valence-electron chi connectivity index (χ0n) is 8.28. The van der Waals surface area contributed by atoms with E-state index in [1.807, 2.05) is 12.3 Å². The van der Waals surface area contributed by atoms with Crippen molar-refractivity contribution in [3.63, 3.8) is 0 Å². The Kier molecular flexibility index (Phi) is 5.06. The van der Waals surface area contributed by atoms with E-state index in [2.05, 4.69) is 22.3 Å². The average molecular weight is 230 g/mol. The largest absolute Gasteiger partial charge is 0.308 e. The van der Waals surface area contributed by atoms with Gasteiger partial charge in [-0.15, -0.1) is 11.8 Å². The third-order valence-electron chi connectivity index (χ3n) is 1.47. The Morgan fingerprint density at radius 3 is 2.86 bits per heavy atom. The summed E-state index contributed by atoms with van der Waals surface area (Å²) in [6.07, 6.45) is 3.08. The van der Waals surface area contributed by atoms with E-state index >= 15 is 0 Å². The quantitative estimate of drug-likeness (QED) is 0.265. The highest BCUT2D eigenvalue weighted by Crippen LogP contribution is 2.21. The van der Waals surface area contributed by atoms with Gasteiger partial charge in [0.1, 0.15) is 10.8 Å². The molecule has 0 aliphatic heterocycles. The molecule has 1 heterocycles. The van der Waals surface area contributed by atoms with Gasteiger partial charge in [-0.05, 0) is 18.4 Å². The molecule has 0 fully saturated rings. The average Bonchev–Trinajstić information content (AvgIpc) is 2.25. The van der Waals surface area contributed by atoms with Crippen LogP contribution in [0.25, 0.3) is 0 Å². The molecular weight excluding hydrogens is 216 g/mol. The van der Waals surface area contributed by atoms with Crippen molar-refractivity contribution in [2.45, 2.75) is 23.5 Å². The Morgan fingerprint density at radius 1 is 1.50 bits per heavy atom. The molecule has 1 aromatic heterocycles. The van der Waals surface area contributed by atoms with Crippen LogP contribution in [0, 0.1) is 0 Å². The third-order valence-corrected chi connectivity index (χ3v) is 3.13. The highest BCUT2D eigenvalue weighted by Gasteiger charge is 2.02. The summed E-state index contributed by atoms with van der Waals surface area (Å²) in [5, 5.41) is 1.72. The number of rotatable bonds is 5. The second kappa shape index (κ2) is 6.10. The molecule has 0 aliphatic rings. The van der Waals surface area contributed by atoms with Gasteiger partial charge in [-0.3, -0.25) is 0 Å². The van der Waals surface area contributed by atoms with E-state index in [1.54, 1.807) is 11.8 Å². The van der Waals surface area contributed by atoms with Crippen LogP contribution in [0.4, 0.5) is 5.82 Å². The fraction of sp³-hybridized carbons (Fsp3) is 0.500. The predicted molar refractivity (Wildman–Crippen MR) is 62.6 cm³/mol. The molecule has 0 bridgehead atoms. The minimum absolute atomic E-state index is 0.669. The summed E-state index contributed by atoms with van der Waals surface area (Å²) in [4.78, 5) is 8.54. The molecule has 1 rings (SSSR count). The number of nitrogens with two attached hydrogens (primary N) is 1. The van der Waals surface area contributed by atoms with Crippen LogP contribution in [-0.2, 0) is 0 Å². The van der Waals surface area contributed by atoms with Crippen LogP contribution in [0.1, 0.15) is 13.3 Å². The first-order chi connectivity index (χ1) is 6.80. The van der Waals surface area contributed by atoms with Crippen molar-refractivity contribution in [3.05, 3.63) is 6.07 Å². The van der Waals surface area contributed by atoms with Gasteiger partial charge in [0.05, 0.1) is 0 Å². The molecule has 78 valence electrons. The lowest BCUT2D eigenvalue weighted by molar-refractivity contribution is 0.892. The SMILES string of the molecule is CCCSc1cc(NN)nc(SC)n1. The van der Waals surface area contributed by atoms with Crippen molar-refractivity contribution in [3.8, 4) is 0 Å². The molecule has 14 heavy (non-hydrogen) atoms. The topological polar surface area (TPSA) is 63.8 Å². The van der Waals surface area contributed by atoms with Crippen molar-refractivity contribution in [1.29, 1.82) is 0 Å². The monoisotopic (exact) mass is 230 g/mol. The van der Waals surface area contributed by atoms with Crippen LogP contribution < -0.4 is 11.3 Å². The highest BCUT2D eigenvalue weighted by molar-refractivity contribution is 7.99. The van der Waals surface area contributed by atoms with Crippen LogP contribution in [-0.4, -0.2) is 22.0 Å². The molecule has 0 aliphatic carbocycles. The molecule has 0 aromatic carbocycles. The van der Waals surface area contributed by atoms with Gasteiger partial charge in [-0.25, -0.2) is 15.8 Å². The maximum Gasteiger partial charge on any atom is 0.190 e. The van der Waals surface area contributed by atoms with Crippen LogP contribution >= 0.6 is 23.5 Å². The first-order valence-corrected chi connectivity index (χ1v) is 6.53. The Labute approximate surface area is 92.4 Å².